The molecule has 176 valence electrons. The molecule has 0 radical (unpaired) electrons. The van der Waals surface area contributed by atoms with Crippen molar-refractivity contribution >= 4 is 49.8 Å². The number of hydrogen-bond acceptors (Lipinski definition) is 10. The highest BCUT2D eigenvalue weighted by Crippen LogP contribution is 2.27. The second-order valence-electron chi connectivity index (χ2n) is 7.25. The van der Waals surface area contributed by atoms with Gasteiger partial charge in [0.05, 0.1) is 24.2 Å². The molecule has 35 heavy (non-hydrogen) atoms. The first-order chi connectivity index (χ1) is 17.0. The first-order valence-corrected chi connectivity index (χ1v) is 11.5. The highest BCUT2D eigenvalue weighted by molar-refractivity contribution is 7.22. The van der Waals surface area contributed by atoms with Crippen molar-refractivity contribution in [2.45, 2.75) is 13.8 Å². The molecule has 3 aromatic heterocycles. The Labute approximate surface area is 201 Å². The third kappa shape index (κ3) is 3.83. The molecular formula is C23H18N6O5S. The molecule has 0 aliphatic rings. The van der Waals surface area contributed by atoms with Crippen molar-refractivity contribution in [1.82, 2.24) is 29.7 Å². The van der Waals surface area contributed by atoms with Crippen molar-refractivity contribution < 1.29 is 23.9 Å². The van der Waals surface area contributed by atoms with Gasteiger partial charge in [-0.3, -0.25) is 4.79 Å². The molecule has 0 N–H and O–H groups in total. The SMILES string of the molecule is CCOC(=O)c1nnn2c1sc1c(C(=O)OCC)nnn1c1cc(C(=O)c3ccccc3)ccc12. The summed E-state index contributed by atoms with van der Waals surface area (Å²) in [4.78, 5) is 38.9. The van der Waals surface area contributed by atoms with Gasteiger partial charge in [0.1, 0.15) is 0 Å². The van der Waals surface area contributed by atoms with Crippen LogP contribution >= 0.6 is 11.3 Å². The van der Waals surface area contributed by atoms with E-state index in [-0.39, 0.29) is 30.4 Å². The minimum Gasteiger partial charge on any atom is -0.461 e. The second-order valence-corrected chi connectivity index (χ2v) is 8.23. The van der Waals surface area contributed by atoms with Crippen LogP contribution in [-0.2, 0) is 9.47 Å². The van der Waals surface area contributed by atoms with Crippen LogP contribution in [-0.4, -0.2) is 60.6 Å². The summed E-state index contributed by atoms with van der Waals surface area (Å²) in [5.41, 5.74) is 1.78. The van der Waals surface area contributed by atoms with Gasteiger partial charge in [0.25, 0.3) is 0 Å². The van der Waals surface area contributed by atoms with E-state index in [1.165, 1.54) is 9.03 Å². The van der Waals surface area contributed by atoms with E-state index in [9.17, 15) is 14.4 Å². The van der Waals surface area contributed by atoms with Crippen molar-refractivity contribution in [2.75, 3.05) is 13.2 Å². The van der Waals surface area contributed by atoms with E-state index in [1.807, 2.05) is 6.07 Å². The van der Waals surface area contributed by atoms with Gasteiger partial charge in [0.15, 0.2) is 15.4 Å². The number of ether oxygens (including phenoxy) is 2. The Bertz CT molecular complexity index is 1640. The molecule has 0 spiro atoms. The molecule has 11 nitrogen and oxygen atoms in total. The largest absolute Gasteiger partial charge is 0.461 e. The Morgan fingerprint density at radius 1 is 0.771 bits per heavy atom. The number of esters is 2. The molecule has 0 saturated heterocycles. The summed E-state index contributed by atoms with van der Waals surface area (Å²) in [6.45, 7) is 3.67. The number of nitrogens with zero attached hydrogens (tertiary/aromatic N) is 6. The van der Waals surface area contributed by atoms with Crippen LogP contribution in [0, 0.1) is 0 Å². The van der Waals surface area contributed by atoms with Gasteiger partial charge in [-0.15, -0.1) is 10.2 Å². The predicted octanol–water partition coefficient (Wildman–Crippen LogP) is 3.13. The van der Waals surface area contributed by atoms with E-state index in [4.69, 9.17) is 9.47 Å². The summed E-state index contributed by atoms with van der Waals surface area (Å²) >= 11 is 1.03. The lowest BCUT2D eigenvalue weighted by atomic mass is 10.0. The summed E-state index contributed by atoms with van der Waals surface area (Å²) < 4.78 is 13.1. The van der Waals surface area contributed by atoms with E-state index in [1.54, 1.807) is 56.3 Å². The summed E-state index contributed by atoms with van der Waals surface area (Å²) in [6.07, 6.45) is 0. The third-order valence-electron chi connectivity index (χ3n) is 5.12. The molecule has 2 aromatic carbocycles. The number of carbonyl (C=O) groups is 3. The van der Waals surface area contributed by atoms with E-state index >= 15 is 0 Å². The first-order valence-electron chi connectivity index (χ1n) is 10.7. The number of benzene rings is 2. The molecule has 12 heteroatoms. The fourth-order valence-electron chi connectivity index (χ4n) is 3.56. The van der Waals surface area contributed by atoms with Crippen molar-refractivity contribution in [3.63, 3.8) is 0 Å². The zero-order chi connectivity index (χ0) is 24.5. The Morgan fingerprint density at radius 3 is 1.91 bits per heavy atom. The molecule has 0 fully saturated rings. The highest BCUT2D eigenvalue weighted by atomic mass is 32.1. The van der Waals surface area contributed by atoms with E-state index < -0.39 is 11.9 Å². The Balaban J connectivity index is 1.84. The van der Waals surface area contributed by atoms with Crippen molar-refractivity contribution in [2.24, 2.45) is 0 Å². The molecular weight excluding hydrogens is 472 g/mol. The maximum Gasteiger partial charge on any atom is 0.362 e. The standard InChI is InChI=1S/C23H18N6O5S/c1-3-33-22(31)17-20-28(26-24-17)15-11-10-14(19(30)13-8-6-5-7-9-13)12-16(15)29-21(35-20)18(25-27-29)23(32)34-4-2/h5-12H,3-4H2,1-2H3. The van der Waals surface area contributed by atoms with Gasteiger partial charge in [0.2, 0.25) is 11.4 Å². The van der Waals surface area contributed by atoms with Crippen LogP contribution in [0.3, 0.4) is 0 Å². The van der Waals surface area contributed by atoms with Gasteiger partial charge in [-0.1, -0.05) is 52.1 Å². The van der Waals surface area contributed by atoms with Crippen LogP contribution in [0.1, 0.15) is 50.7 Å². The van der Waals surface area contributed by atoms with Crippen molar-refractivity contribution in [1.29, 1.82) is 0 Å². The quantitative estimate of drug-likeness (QED) is 0.260. The zero-order valence-corrected chi connectivity index (χ0v) is 19.5. The molecule has 0 amide bonds. The molecule has 0 aliphatic carbocycles. The van der Waals surface area contributed by atoms with E-state index in [2.05, 4.69) is 20.6 Å². The number of carbonyl (C=O) groups excluding carboxylic acids is 3. The fraction of sp³-hybridized carbons (Fsp3) is 0.174. The minimum atomic E-state index is -0.669. The highest BCUT2D eigenvalue weighted by Gasteiger charge is 2.24. The minimum absolute atomic E-state index is 0.0169. The van der Waals surface area contributed by atoms with E-state index in [0.717, 1.165) is 11.3 Å². The lowest BCUT2D eigenvalue weighted by Crippen LogP contribution is -2.06. The molecule has 3 heterocycles. The van der Waals surface area contributed by atoms with Gasteiger partial charge in [-0.05, 0) is 32.0 Å². The average Bonchev–Trinajstić information content (AvgIpc) is 3.46. The lowest BCUT2D eigenvalue weighted by molar-refractivity contribution is 0.0512. The lowest BCUT2D eigenvalue weighted by Gasteiger charge is -2.03. The predicted molar refractivity (Wildman–Crippen MR) is 126 cm³/mol. The monoisotopic (exact) mass is 490 g/mol. The maximum atomic E-state index is 13.1. The smallest absolute Gasteiger partial charge is 0.362 e. The molecule has 0 bridgehead atoms. The molecule has 5 rings (SSSR count). The molecule has 5 aromatic rings. The molecule has 0 aliphatic heterocycles. The van der Waals surface area contributed by atoms with Crippen LogP contribution in [0.4, 0.5) is 0 Å². The average molecular weight is 491 g/mol. The van der Waals surface area contributed by atoms with Crippen LogP contribution in [0.15, 0.2) is 48.5 Å². The van der Waals surface area contributed by atoms with Crippen molar-refractivity contribution in [3.05, 3.63) is 71.0 Å². The maximum absolute atomic E-state index is 13.1. The molecule has 0 unspecified atom stereocenters. The summed E-state index contributed by atoms with van der Waals surface area (Å²) in [5, 5.41) is 16.4. The third-order valence-corrected chi connectivity index (χ3v) is 6.24. The number of rotatable bonds is 6. The normalized spacial score (nSPS) is 11.1. The van der Waals surface area contributed by atoms with Gasteiger partial charge in [-0.2, -0.15) is 0 Å². The number of hydrogen-bond donors (Lipinski definition) is 0. The van der Waals surface area contributed by atoms with Crippen LogP contribution < -0.4 is 0 Å². The Kier molecular flexibility index (Phi) is 5.79. The molecule has 0 atom stereocenters. The van der Waals surface area contributed by atoms with Crippen molar-refractivity contribution in [3.8, 4) is 0 Å². The van der Waals surface area contributed by atoms with Crippen LogP contribution in [0.2, 0.25) is 0 Å². The van der Waals surface area contributed by atoms with Gasteiger partial charge < -0.3 is 9.47 Å². The van der Waals surface area contributed by atoms with Gasteiger partial charge in [-0.25, -0.2) is 18.6 Å². The summed E-state index contributed by atoms with van der Waals surface area (Å²) in [5.74, 6) is -1.51. The number of fused-ring (bicyclic) bond motifs is 5. The Morgan fingerprint density at radius 2 is 1.34 bits per heavy atom. The second kappa shape index (κ2) is 9.06. The summed E-state index contributed by atoms with van der Waals surface area (Å²) in [6, 6.07) is 13.8. The first kappa shape index (κ1) is 22.3. The zero-order valence-electron chi connectivity index (χ0n) is 18.7. The Hall–Kier alpha value is -4.45. The summed E-state index contributed by atoms with van der Waals surface area (Å²) in [7, 11) is 0. The topological polar surface area (TPSA) is 130 Å². The molecule has 0 saturated carbocycles. The van der Waals surface area contributed by atoms with Gasteiger partial charge in [0, 0.05) is 11.1 Å². The van der Waals surface area contributed by atoms with Crippen LogP contribution in [0.25, 0.3) is 20.7 Å². The number of aromatic nitrogens is 6. The fourth-order valence-corrected chi connectivity index (χ4v) is 4.63. The van der Waals surface area contributed by atoms with Crippen LogP contribution in [0.5, 0.6) is 0 Å². The van der Waals surface area contributed by atoms with Gasteiger partial charge >= 0.3 is 11.9 Å². The van der Waals surface area contributed by atoms with E-state index in [0.29, 0.717) is 31.8 Å². The number of ketones is 1.